The van der Waals surface area contributed by atoms with Crippen molar-refractivity contribution >= 4 is 0 Å². The second kappa shape index (κ2) is 6.87. The van der Waals surface area contributed by atoms with Crippen molar-refractivity contribution in [2.75, 3.05) is 7.11 Å². The van der Waals surface area contributed by atoms with E-state index < -0.39 is 0 Å². The Morgan fingerprint density at radius 3 is 2.52 bits per heavy atom. The third-order valence-electron chi connectivity index (χ3n) is 3.40. The van der Waals surface area contributed by atoms with Gasteiger partial charge in [0.15, 0.2) is 0 Å². The third kappa shape index (κ3) is 3.80. The highest BCUT2D eigenvalue weighted by atomic mass is 19.1. The van der Waals surface area contributed by atoms with Gasteiger partial charge in [0.25, 0.3) is 0 Å². The molecule has 2 aromatic rings. The van der Waals surface area contributed by atoms with Gasteiger partial charge in [0.1, 0.15) is 11.6 Å². The number of benzene rings is 2. The van der Waals surface area contributed by atoms with Crippen LogP contribution in [0.4, 0.5) is 4.39 Å². The molecule has 0 aromatic heterocycles. The van der Waals surface area contributed by atoms with E-state index in [1.807, 2.05) is 37.3 Å². The number of rotatable bonds is 5. The van der Waals surface area contributed by atoms with Crippen LogP contribution in [0.5, 0.6) is 5.75 Å². The highest BCUT2D eigenvalue weighted by Crippen LogP contribution is 2.18. The van der Waals surface area contributed by atoms with E-state index in [9.17, 15) is 4.39 Å². The van der Waals surface area contributed by atoms with Crippen molar-refractivity contribution in [2.45, 2.75) is 19.5 Å². The fourth-order valence-corrected chi connectivity index (χ4v) is 2.03. The summed E-state index contributed by atoms with van der Waals surface area (Å²) in [5.41, 5.74) is 1.98. The lowest BCUT2D eigenvalue weighted by Crippen LogP contribution is -2.18. The minimum absolute atomic E-state index is 0.0888. The first-order chi connectivity index (χ1) is 10.1. The zero-order chi connectivity index (χ0) is 15.2. The Kier molecular flexibility index (Phi) is 4.91. The second-order valence-electron chi connectivity index (χ2n) is 4.79. The number of nitriles is 1. The van der Waals surface area contributed by atoms with Crippen LogP contribution in [-0.4, -0.2) is 7.11 Å². The highest BCUT2D eigenvalue weighted by Gasteiger charge is 2.08. The summed E-state index contributed by atoms with van der Waals surface area (Å²) < 4.78 is 18.9. The zero-order valence-corrected chi connectivity index (χ0v) is 12.1. The van der Waals surface area contributed by atoms with Crippen LogP contribution in [0.3, 0.4) is 0 Å². The first kappa shape index (κ1) is 15.0. The predicted octanol–water partition coefficient (Wildman–Crippen LogP) is 3.56. The number of hydrogen-bond donors (Lipinski definition) is 1. The largest absolute Gasteiger partial charge is 0.497 e. The average molecular weight is 284 g/mol. The molecular weight excluding hydrogens is 267 g/mol. The quantitative estimate of drug-likeness (QED) is 0.913. The van der Waals surface area contributed by atoms with Crippen LogP contribution in [0.1, 0.15) is 29.7 Å². The molecule has 108 valence electrons. The third-order valence-corrected chi connectivity index (χ3v) is 3.40. The molecule has 0 amide bonds. The summed E-state index contributed by atoms with van der Waals surface area (Å²) in [4.78, 5) is 0. The standard InChI is InChI=1S/C17H17FN2O/c1-12(14-5-7-16(21-2)8-6-14)20-11-15-4-3-13(10-19)9-17(15)18/h3-9,12,20H,11H2,1-2H3/t12-/m1/s1. The van der Waals surface area contributed by atoms with E-state index in [4.69, 9.17) is 10.00 Å². The lowest BCUT2D eigenvalue weighted by molar-refractivity contribution is 0.414. The van der Waals surface area contributed by atoms with E-state index in [1.54, 1.807) is 19.2 Å². The summed E-state index contributed by atoms with van der Waals surface area (Å²) in [6.45, 7) is 2.42. The Hall–Kier alpha value is -2.38. The van der Waals surface area contributed by atoms with Gasteiger partial charge in [-0.3, -0.25) is 0 Å². The number of methoxy groups -OCH3 is 1. The first-order valence-electron chi connectivity index (χ1n) is 6.70. The minimum Gasteiger partial charge on any atom is -0.497 e. The van der Waals surface area contributed by atoms with E-state index >= 15 is 0 Å². The number of ether oxygens (including phenoxy) is 1. The molecule has 0 aliphatic carbocycles. The van der Waals surface area contributed by atoms with Crippen LogP contribution in [0.2, 0.25) is 0 Å². The summed E-state index contributed by atoms with van der Waals surface area (Å²) in [5, 5.41) is 12.0. The summed E-state index contributed by atoms with van der Waals surface area (Å²) in [6.07, 6.45) is 0. The molecule has 0 fully saturated rings. The van der Waals surface area contributed by atoms with E-state index in [1.165, 1.54) is 6.07 Å². The van der Waals surface area contributed by atoms with Gasteiger partial charge < -0.3 is 10.1 Å². The van der Waals surface area contributed by atoms with Gasteiger partial charge in [0.05, 0.1) is 18.7 Å². The van der Waals surface area contributed by atoms with Gasteiger partial charge in [-0.25, -0.2) is 4.39 Å². The van der Waals surface area contributed by atoms with Crippen LogP contribution in [-0.2, 0) is 6.54 Å². The summed E-state index contributed by atoms with van der Waals surface area (Å²) in [5.74, 6) is 0.451. The smallest absolute Gasteiger partial charge is 0.129 e. The Labute approximate surface area is 124 Å². The number of hydrogen-bond acceptors (Lipinski definition) is 3. The lowest BCUT2D eigenvalue weighted by atomic mass is 10.1. The molecule has 0 bridgehead atoms. The van der Waals surface area contributed by atoms with Crippen molar-refractivity contribution in [3.8, 4) is 11.8 Å². The maximum atomic E-state index is 13.8. The van der Waals surface area contributed by atoms with Gasteiger partial charge in [-0.05, 0) is 36.8 Å². The lowest BCUT2D eigenvalue weighted by Gasteiger charge is -2.15. The van der Waals surface area contributed by atoms with Crippen molar-refractivity contribution < 1.29 is 9.13 Å². The molecule has 0 unspecified atom stereocenters. The first-order valence-corrected chi connectivity index (χ1v) is 6.70. The molecule has 2 aromatic carbocycles. The van der Waals surface area contributed by atoms with Crippen molar-refractivity contribution in [2.24, 2.45) is 0 Å². The SMILES string of the molecule is COc1ccc([C@@H](C)NCc2ccc(C#N)cc2F)cc1. The summed E-state index contributed by atoms with van der Waals surface area (Å²) >= 11 is 0. The zero-order valence-electron chi connectivity index (χ0n) is 12.1. The molecule has 0 spiro atoms. The van der Waals surface area contributed by atoms with Crippen LogP contribution in [0.15, 0.2) is 42.5 Å². The Morgan fingerprint density at radius 1 is 1.24 bits per heavy atom. The minimum atomic E-state index is -0.358. The van der Waals surface area contributed by atoms with Crippen molar-refractivity contribution in [1.29, 1.82) is 5.26 Å². The van der Waals surface area contributed by atoms with Crippen LogP contribution in [0, 0.1) is 17.1 Å². The summed E-state index contributed by atoms with van der Waals surface area (Å²) in [6, 6.07) is 14.3. The molecule has 2 rings (SSSR count). The maximum absolute atomic E-state index is 13.8. The molecule has 0 radical (unpaired) electrons. The van der Waals surface area contributed by atoms with Crippen LogP contribution in [0.25, 0.3) is 0 Å². The Balaban J connectivity index is 2.00. The molecule has 1 atom stereocenters. The molecule has 0 aliphatic heterocycles. The molecule has 1 N–H and O–H groups in total. The topological polar surface area (TPSA) is 45.0 Å². The monoisotopic (exact) mass is 284 g/mol. The van der Waals surface area contributed by atoms with Gasteiger partial charge in [0.2, 0.25) is 0 Å². The fraction of sp³-hybridized carbons (Fsp3) is 0.235. The van der Waals surface area contributed by atoms with Gasteiger partial charge >= 0.3 is 0 Å². The van der Waals surface area contributed by atoms with E-state index in [-0.39, 0.29) is 11.9 Å². The Bertz CT molecular complexity index is 647. The van der Waals surface area contributed by atoms with Gasteiger partial charge in [-0.15, -0.1) is 0 Å². The number of nitrogens with one attached hydrogen (secondary N) is 1. The highest BCUT2D eigenvalue weighted by molar-refractivity contribution is 5.33. The fourth-order valence-electron chi connectivity index (χ4n) is 2.03. The number of halogens is 1. The van der Waals surface area contributed by atoms with Crippen molar-refractivity contribution in [3.05, 3.63) is 65.0 Å². The Morgan fingerprint density at radius 2 is 1.95 bits per heavy atom. The van der Waals surface area contributed by atoms with Crippen LogP contribution >= 0.6 is 0 Å². The summed E-state index contributed by atoms with van der Waals surface area (Å²) in [7, 11) is 1.63. The predicted molar refractivity (Wildman–Crippen MR) is 79.4 cm³/mol. The van der Waals surface area contributed by atoms with Crippen LogP contribution < -0.4 is 10.1 Å². The molecule has 0 saturated carbocycles. The van der Waals surface area contributed by atoms with Gasteiger partial charge in [-0.2, -0.15) is 5.26 Å². The molecule has 21 heavy (non-hydrogen) atoms. The molecule has 3 nitrogen and oxygen atoms in total. The van der Waals surface area contributed by atoms with E-state index in [0.29, 0.717) is 17.7 Å². The molecule has 0 heterocycles. The van der Waals surface area contributed by atoms with E-state index in [2.05, 4.69) is 5.32 Å². The van der Waals surface area contributed by atoms with Gasteiger partial charge in [0, 0.05) is 18.2 Å². The second-order valence-corrected chi connectivity index (χ2v) is 4.79. The molecule has 4 heteroatoms. The molecule has 0 saturated heterocycles. The van der Waals surface area contributed by atoms with Crippen molar-refractivity contribution in [3.63, 3.8) is 0 Å². The molecule has 0 aliphatic rings. The van der Waals surface area contributed by atoms with Gasteiger partial charge in [-0.1, -0.05) is 18.2 Å². The van der Waals surface area contributed by atoms with E-state index in [0.717, 1.165) is 11.3 Å². The normalized spacial score (nSPS) is 11.7. The average Bonchev–Trinajstić information content (AvgIpc) is 2.53. The number of nitrogens with zero attached hydrogens (tertiary/aromatic N) is 1. The maximum Gasteiger partial charge on any atom is 0.129 e. The van der Waals surface area contributed by atoms with Crippen molar-refractivity contribution in [1.82, 2.24) is 5.32 Å². The molecular formula is C17H17FN2O.